The van der Waals surface area contributed by atoms with E-state index in [1.807, 2.05) is 6.92 Å². The first-order valence-electron chi connectivity index (χ1n) is 4.60. The molecule has 0 atom stereocenters. The highest BCUT2D eigenvalue weighted by atomic mass is 16.4. The van der Waals surface area contributed by atoms with Crippen LogP contribution in [0.25, 0.3) is 0 Å². The Kier molecular flexibility index (Phi) is 3.43. The van der Waals surface area contributed by atoms with Gasteiger partial charge in [0.2, 0.25) is 5.95 Å². The van der Waals surface area contributed by atoms with Crippen molar-refractivity contribution in [3.8, 4) is 0 Å². The number of aromatic nitrogens is 2. The van der Waals surface area contributed by atoms with E-state index in [1.165, 1.54) is 0 Å². The molecule has 0 fully saturated rings. The van der Waals surface area contributed by atoms with Crippen LogP contribution in [0.3, 0.4) is 0 Å². The molecular formula is C9H13N3O3. The van der Waals surface area contributed by atoms with Crippen molar-refractivity contribution in [1.82, 2.24) is 9.97 Å². The van der Waals surface area contributed by atoms with Crippen molar-refractivity contribution < 1.29 is 9.90 Å². The lowest BCUT2D eigenvalue weighted by Crippen LogP contribution is -2.22. The molecule has 0 radical (unpaired) electrons. The minimum Gasteiger partial charge on any atom is -0.481 e. The minimum absolute atomic E-state index is 0.226. The van der Waals surface area contributed by atoms with Crippen LogP contribution in [0, 0.1) is 0 Å². The molecular weight excluding hydrogens is 198 g/mol. The number of nitrogens with zero attached hydrogens (tertiary/aromatic N) is 1. The number of hydrogen-bond donors (Lipinski definition) is 3. The molecule has 0 spiro atoms. The van der Waals surface area contributed by atoms with Crippen LogP contribution in [-0.2, 0) is 17.6 Å². The molecule has 1 heterocycles. The highest BCUT2D eigenvalue weighted by Gasteiger charge is 2.12. The van der Waals surface area contributed by atoms with E-state index < -0.39 is 11.5 Å². The lowest BCUT2D eigenvalue weighted by Gasteiger charge is -2.06. The molecule has 1 aromatic rings. The molecule has 0 unspecified atom stereocenters. The fourth-order valence-electron chi connectivity index (χ4n) is 1.29. The van der Waals surface area contributed by atoms with Gasteiger partial charge in [-0.15, -0.1) is 0 Å². The van der Waals surface area contributed by atoms with Gasteiger partial charge >= 0.3 is 5.97 Å². The van der Waals surface area contributed by atoms with Crippen molar-refractivity contribution in [2.45, 2.75) is 19.8 Å². The van der Waals surface area contributed by atoms with Gasteiger partial charge in [0, 0.05) is 7.05 Å². The second-order valence-electron chi connectivity index (χ2n) is 3.01. The number of H-pyrrole nitrogens is 1. The van der Waals surface area contributed by atoms with E-state index in [0.717, 1.165) is 0 Å². The highest BCUT2D eigenvalue weighted by Crippen LogP contribution is 2.05. The van der Waals surface area contributed by atoms with Crippen molar-refractivity contribution in [3.63, 3.8) is 0 Å². The first-order chi connectivity index (χ1) is 7.08. The number of rotatable bonds is 4. The number of carboxylic acid groups (broad SMARTS) is 1. The number of aromatic amines is 1. The Balaban J connectivity index is 3.24. The summed E-state index contributed by atoms with van der Waals surface area (Å²) in [5, 5.41) is 11.4. The topological polar surface area (TPSA) is 95.1 Å². The van der Waals surface area contributed by atoms with Crippen LogP contribution >= 0.6 is 0 Å². The Hall–Kier alpha value is -1.85. The molecule has 0 amide bonds. The van der Waals surface area contributed by atoms with E-state index in [1.54, 1.807) is 7.05 Å². The Morgan fingerprint density at radius 1 is 1.60 bits per heavy atom. The quantitative estimate of drug-likeness (QED) is 0.651. The van der Waals surface area contributed by atoms with Gasteiger partial charge in [-0.1, -0.05) is 6.92 Å². The average Bonchev–Trinajstić information content (AvgIpc) is 2.20. The summed E-state index contributed by atoms with van der Waals surface area (Å²) >= 11 is 0. The highest BCUT2D eigenvalue weighted by molar-refractivity contribution is 5.70. The SMILES string of the molecule is CCc1nc(NC)[nH]c(=O)c1CC(=O)O. The van der Waals surface area contributed by atoms with Gasteiger partial charge in [-0.2, -0.15) is 0 Å². The van der Waals surface area contributed by atoms with Crippen molar-refractivity contribution in [3.05, 3.63) is 21.6 Å². The van der Waals surface area contributed by atoms with Crippen LogP contribution in [0.4, 0.5) is 5.95 Å². The van der Waals surface area contributed by atoms with E-state index in [-0.39, 0.29) is 12.0 Å². The third-order valence-electron chi connectivity index (χ3n) is 2.00. The van der Waals surface area contributed by atoms with Crippen LogP contribution in [-0.4, -0.2) is 28.1 Å². The second kappa shape index (κ2) is 4.59. The molecule has 0 aliphatic rings. The maximum atomic E-state index is 11.5. The number of aliphatic carboxylic acids is 1. The summed E-state index contributed by atoms with van der Waals surface area (Å²) < 4.78 is 0. The van der Waals surface area contributed by atoms with Crippen molar-refractivity contribution >= 4 is 11.9 Å². The van der Waals surface area contributed by atoms with Crippen LogP contribution in [0.5, 0.6) is 0 Å². The zero-order valence-corrected chi connectivity index (χ0v) is 8.63. The zero-order chi connectivity index (χ0) is 11.4. The largest absolute Gasteiger partial charge is 0.481 e. The van der Waals surface area contributed by atoms with Gasteiger partial charge in [-0.05, 0) is 6.42 Å². The van der Waals surface area contributed by atoms with E-state index in [0.29, 0.717) is 18.1 Å². The maximum Gasteiger partial charge on any atom is 0.308 e. The molecule has 3 N–H and O–H groups in total. The Labute approximate surface area is 86.4 Å². The number of carboxylic acids is 1. The normalized spacial score (nSPS) is 10.0. The molecule has 6 heteroatoms. The van der Waals surface area contributed by atoms with Gasteiger partial charge in [0.05, 0.1) is 17.7 Å². The molecule has 0 saturated heterocycles. The molecule has 15 heavy (non-hydrogen) atoms. The van der Waals surface area contributed by atoms with Crippen molar-refractivity contribution in [2.24, 2.45) is 0 Å². The van der Waals surface area contributed by atoms with Crippen LogP contribution < -0.4 is 10.9 Å². The summed E-state index contributed by atoms with van der Waals surface area (Å²) in [6, 6.07) is 0. The number of nitrogens with one attached hydrogen (secondary N) is 2. The molecule has 0 saturated carbocycles. The lowest BCUT2D eigenvalue weighted by atomic mass is 10.1. The summed E-state index contributed by atoms with van der Waals surface area (Å²) in [6.45, 7) is 1.83. The Morgan fingerprint density at radius 2 is 2.27 bits per heavy atom. The van der Waals surface area contributed by atoms with Gasteiger partial charge in [-0.3, -0.25) is 14.6 Å². The maximum absolute atomic E-state index is 11.5. The predicted octanol–water partition coefficient (Wildman–Crippen LogP) is 0.00110. The van der Waals surface area contributed by atoms with Gasteiger partial charge in [0.1, 0.15) is 0 Å². The fraction of sp³-hybridized carbons (Fsp3) is 0.444. The molecule has 1 rings (SSSR count). The van der Waals surface area contributed by atoms with Gasteiger partial charge in [0.25, 0.3) is 5.56 Å². The zero-order valence-electron chi connectivity index (χ0n) is 8.63. The first kappa shape index (κ1) is 11.2. The van der Waals surface area contributed by atoms with Gasteiger partial charge in [0.15, 0.2) is 0 Å². The van der Waals surface area contributed by atoms with Crippen LogP contribution in [0.1, 0.15) is 18.2 Å². The monoisotopic (exact) mass is 211 g/mol. The summed E-state index contributed by atoms with van der Waals surface area (Å²) in [5.41, 5.74) is 0.350. The molecule has 0 aliphatic heterocycles. The predicted molar refractivity (Wildman–Crippen MR) is 55.1 cm³/mol. The second-order valence-corrected chi connectivity index (χ2v) is 3.01. The molecule has 6 nitrogen and oxygen atoms in total. The lowest BCUT2D eigenvalue weighted by molar-refractivity contribution is -0.136. The number of hydrogen-bond acceptors (Lipinski definition) is 4. The summed E-state index contributed by atoms with van der Waals surface area (Å²) in [5.74, 6) is -0.680. The third kappa shape index (κ3) is 2.55. The molecule has 0 bridgehead atoms. The summed E-state index contributed by atoms with van der Waals surface area (Å²) in [4.78, 5) is 28.6. The van der Waals surface area contributed by atoms with E-state index in [2.05, 4.69) is 15.3 Å². The number of carbonyl (C=O) groups is 1. The molecule has 0 aliphatic carbocycles. The average molecular weight is 211 g/mol. The van der Waals surface area contributed by atoms with Gasteiger partial charge in [-0.25, -0.2) is 4.98 Å². The molecule has 1 aromatic heterocycles. The minimum atomic E-state index is -1.03. The summed E-state index contributed by atoms with van der Waals surface area (Å²) in [7, 11) is 1.63. The standard InChI is InChI=1S/C9H13N3O3/c1-3-6-5(4-7(13)14)8(15)12-9(10-2)11-6/h3-4H2,1-2H3,(H,13,14)(H2,10,11,12,15). The summed E-state index contributed by atoms with van der Waals surface area (Å²) in [6.07, 6.45) is 0.233. The Bertz CT molecular complexity index is 425. The fourth-order valence-corrected chi connectivity index (χ4v) is 1.29. The first-order valence-corrected chi connectivity index (χ1v) is 4.60. The smallest absolute Gasteiger partial charge is 0.308 e. The van der Waals surface area contributed by atoms with Crippen molar-refractivity contribution in [1.29, 1.82) is 0 Å². The van der Waals surface area contributed by atoms with Gasteiger partial charge < -0.3 is 10.4 Å². The van der Waals surface area contributed by atoms with E-state index in [9.17, 15) is 9.59 Å². The molecule has 0 aromatic carbocycles. The van der Waals surface area contributed by atoms with Crippen LogP contribution in [0.2, 0.25) is 0 Å². The third-order valence-corrected chi connectivity index (χ3v) is 2.00. The van der Waals surface area contributed by atoms with E-state index >= 15 is 0 Å². The van der Waals surface area contributed by atoms with E-state index in [4.69, 9.17) is 5.11 Å². The van der Waals surface area contributed by atoms with Crippen molar-refractivity contribution in [2.75, 3.05) is 12.4 Å². The molecule has 82 valence electrons. The number of aryl methyl sites for hydroxylation is 1. The Morgan fingerprint density at radius 3 is 2.73 bits per heavy atom. The number of anilines is 1. The van der Waals surface area contributed by atoms with Crippen LogP contribution in [0.15, 0.2) is 4.79 Å².